The van der Waals surface area contributed by atoms with Crippen LogP contribution < -0.4 is 10.4 Å². The maximum Gasteiger partial charge on any atom is 0.417 e. The predicted molar refractivity (Wildman–Crippen MR) is 99.3 cm³/mol. The van der Waals surface area contributed by atoms with Crippen molar-refractivity contribution in [2.45, 2.75) is 18.5 Å². The highest BCUT2D eigenvalue weighted by molar-refractivity contribution is 5.80. The highest BCUT2D eigenvalue weighted by atomic mass is 19.4. The number of hydrogen-bond donors (Lipinski definition) is 0. The van der Waals surface area contributed by atoms with Crippen LogP contribution in [0.25, 0.3) is 11.1 Å². The van der Waals surface area contributed by atoms with Crippen molar-refractivity contribution in [3.63, 3.8) is 0 Å². The fraction of sp³-hybridized carbons (Fsp3) is 0.136. The fourth-order valence-electron chi connectivity index (χ4n) is 3.19. The van der Waals surface area contributed by atoms with Crippen LogP contribution in [-0.4, -0.2) is 0 Å². The lowest BCUT2D eigenvalue weighted by Crippen LogP contribution is -2.32. The largest absolute Gasteiger partial charge is 0.417 e. The smallest absolute Gasteiger partial charge is 0.205 e. The van der Waals surface area contributed by atoms with Crippen LogP contribution in [0.15, 0.2) is 18.2 Å². The first-order valence-corrected chi connectivity index (χ1v) is 8.99. The summed E-state index contributed by atoms with van der Waals surface area (Å²) in [5.74, 6) is -2.24. The molecule has 2 rings (SSSR count). The molecular weight excluding hydrogens is 524 g/mol. The van der Waals surface area contributed by atoms with Gasteiger partial charge >= 0.3 is 18.5 Å². The molecule has 0 aliphatic carbocycles. The lowest BCUT2D eigenvalue weighted by Gasteiger charge is -2.17. The zero-order valence-electron chi connectivity index (χ0n) is 17.2. The summed E-state index contributed by atoms with van der Waals surface area (Å²) in [6, 6.07) is 4.35. The lowest BCUT2D eigenvalue weighted by atomic mass is 9.91. The van der Waals surface area contributed by atoms with E-state index in [-0.39, 0.29) is 18.2 Å². The van der Waals surface area contributed by atoms with Crippen LogP contribution in [0.5, 0.6) is 0 Å². The van der Waals surface area contributed by atoms with E-state index in [9.17, 15) is 50.0 Å². The van der Waals surface area contributed by atoms with Gasteiger partial charge in [0, 0.05) is 10.4 Å². The minimum Gasteiger partial charge on any atom is -0.205 e. The molecule has 0 atom stereocenters. The standard InChI is InChI=1S/C22H3F10N5/c23-19-13(7-36)11(10(4-33)5-34)3-17(22(30,31)32)18(19)12(6-35)9-1-15(20(24,25)26)14(8-37)16(2-9)21(27,28)29/h1-3H/b18-12-. The van der Waals surface area contributed by atoms with Crippen LogP contribution in [0.4, 0.5) is 43.9 Å². The highest BCUT2D eigenvalue weighted by Crippen LogP contribution is 2.41. The van der Waals surface area contributed by atoms with E-state index in [0.717, 1.165) is 24.3 Å². The molecule has 0 fully saturated rings. The maximum absolute atomic E-state index is 15.3. The molecule has 0 saturated carbocycles. The SMILES string of the molecule is N#CC(C#N)=c1cc(C(F)(F)F)/c(=C(\C#N)c2cc(C(F)(F)F)c(C#N)c(C(F)(F)F)c2)c(F)c1C#N. The zero-order valence-corrected chi connectivity index (χ0v) is 17.2. The quantitative estimate of drug-likeness (QED) is 0.505. The van der Waals surface area contributed by atoms with Gasteiger partial charge in [0.05, 0.1) is 33.4 Å². The molecule has 0 bridgehead atoms. The van der Waals surface area contributed by atoms with Crippen LogP contribution in [0, 0.1) is 62.5 Å². The first-order chi connectivity index (χ1) is 17.0. The Bertz CT molecular complexity index is 1590. The van der Waals surface area contributed by atoms with Crippen LogP contribution in [0.3, 0.4) is 0 Å². The van der Waals surface area contributed by atoms with Crippen LogP contribution in [-0.2, 0) is 18.5 Å². The third-order valence-electron chi connectivity index (χ3n) is 4.69. The molecule has 0 saturated heterocycles. The molecule has 0 amide bonds. The average Bonchev–Trinajstić information content (AvgIpc) is 2.79. The monoisotopic (exact) mass is 527 g/mol. The summed E-state index contributed by atoms with van der Waals surface area (Å²) in [5, 5.41) is 42.4. The molecule has 5 nitrogen and oxygen atoms in total. The minimum absolute atomic E-state index is 0.102. The summed E-state index contributed by atoms with van der Waals surface area (Å²) < 4.78 is 138. The van der Waals surface area contributed by atoms with Gasteiger partial charge < -0.3 is 0 Å². The average molecular weight is 527 g/mol. The molecule has 15 heteroatoms. The molecule has 2 aromatic carbocycles. The van der Waals surface area contributed by atoms with Gasteiger partial charge in [-0.3, -0.25) is 0 Å². The van der Waals surface area contributed by atoms with Gasteiger partial charge in [-0.25, -0.2) is 4.39 Å². The molecule has 186 valence electrons. The summed E-state index contributed by atoms with van der Waals surface area (Å²) in [5.41, 5.74) is -14.5. The van der Waals surface area contributed by atoms with Gasteiger partial charge in [0.2, 0.25) is 0 Å². The molecule has 0 radical (unpaired) electrons. The number of nitrogens with zero attached hydrogens (tertiary/aromatic N) is 5. The van der Waals surface area contributed by atoms with Gasteiger partial charge in [0.15, 0.2) is 5.82 Å². The molecule has 0 unspecified atom stereocenters. The first-order valence-electron chi connectivity index (χ1n) is 8.99. The van der Waals surface area contributed by atoms with E-state index in [4.69, 9.17) is 15.8 Å². The summed E-state index contributed by atoms with van der Waals surface area (Å²) >= 11 is 0. The molecule has 0 spiro atoms. The number of rotatable bonds is 1. The Labute approximate surface area is 198 Å². The van der Waals surface area contributed by atoms with Crippen LogP contribution >= 0.6 is 0 Å². The topological polar surface area (TPSA) is 119 Å². The Balaban J connectivity index is 3.44. The van der Waals surface area contributed by atoms with Gasteiger partial charge in [-0.1, -0.05) is 0 Å². The van der Waals surface area contributed by atoms with Crippen molar-refractivity contribution in [2.24, 2.45) is 0 Å². The Hall–Kier alpha value is -5.07. The Kier molecular flexibility index (Phi) is 7.25. The number of alkyl halides is 9. The Morgan fingerprint density at radius 2 is 1.03 bits per heavy atom. The number of halogens is 10. The number of nitriles is 5. The first kappa shape index (κ1) is 28.2. The normalized spacial score (nSPS) is 12.4. The van der Waals surface area contributed by atoms with Gasteiger partial charge in [0.1, 0.15) is 35.9 Å². The van der Waals surface area contributed by atoms with Crippen molar-refractivity contribution in [1.29, 1.82) is 26.3 Å². The van der Waals surface area contributed by atoms with Crippen LogP contribution in [0.1, 0.15) is 33.4 Å². The third-order valence-corrected chi connectivity index (χ3v) is 4.69. The van der Waals surface area contributed by atoms with E-state index < -0.39 is 79.3 Å². The van der Waals surface area contributed by atoms with E-state index in [1.807, 2.05) is 0 Å². The predicted octanol–water partition coefficient (Wildman–Crippen LogP) is 4.55. The lowest BCUT2D eigenvalue weighted by molar-refractivity contribution is -0.143. The molecule has 2 aromatic rings. The number of hydrogen-bond acceptors (Lipinski definition) is 5. The number of benzene rings is 2. The van der Waals surface area contributed by atoms with Gasteiger partial charge in [-0.15, -0.1) is 0 Å². The Morgan fingerprint density at radius 3 is 1.35 bits per heavy atom. The summed E-state index contributed by atoms with van der Waals surface area (Å²) in [6.45, 7) is 0. The molecule has 37 heavy (non-hydrogen) atoms. The van der Waals surface area contributed by atoms with Crippen molar-refractivity contribution in [3.8, 4) is 30.3 Å². The Morgan fingerprint density at radius 1 is 0.595 bits per heavy atom. The van der Waals surface area contributed by atoms with Crippen LogP contribution in [0.2, 0.25) is 0 Å². The highest BCUT2D eigenvalue weighted by Gasteiger charge is 2.42. The molecule has 0 N–H and O–H groups in total. The van der Waals surface area contributed by atoms with Crippen molar-refractivity contribution < 1.29 is 43.9 Å². The second-order valence-corrected chi connectivity index (χ2v) is 6.78. The summed E-state index contributed by atoms with van der Waals surface area (Å²) in [6.07, 6.45) is -17.0. The van der Waals surface area contributed by atoms with E-state index in [1.165, 1.54) is 0 Å². The van der Waals surface area contributed by atoms with E-state index in [0.29, 0.717) is 6.07 Å². The third kappa shape index (κ3) is 5.15. The molecule has 0 aromatic heterocycles. The molecule has 0 heterocycles. The fourth-order valence-corrected chi connectivity index (χ4v) is 3.19. The van der Waals surface area contributed by atoms with Crippen molar-refractivity contribution in [3.05, 3.63) is 67.8 Å². The van der Waals surface area contributed by atoms with Gasteiger partial charge in [-0.05, 0) is 23.8 Å². The van der Waals surface area contributed by atoms with Crippen molar-refractivity contribution in [2.75, 3.05) is 0 Å². The maximum atomic E-state index is 15.3. The van der Waals surface area contributed by atoms with Gasteiger partial charge in [-0.2, -0.15) is 65.8 Å². The van der Waals surface area contributed by atoms with Gasteiger partial charge in [0.25, 0.3) is 0 Å². The van der Waals surface area contributed by atoms with Crippen molar-refractivity contribution in [1.82, 2.24) is 0 Å². The zero-order chi connectivity index (χ0) is 28.5. The molecule has 0 aliphatic heterocycles. The van der Waals surface area contributed by atoms with Crippen molar-refractivity contribution >= 4 is 11.1 Å². The van der Waals surface area contributed by atoms with E-state index in [2.05, 4.69) is 0 Å². The second kappa shape index (κ2) is 9.53. The van der Waals surface area contributed by atoms with E-state index in [1.54, 1.807) is 0 Å². The minimum atomic E-state index is -5.67. The molecule has 0 aliphatic rings. The van der Waals surface area contributed by atoms with E-state index >= 15 is 4.39 Å². The molecular formula is C22H3F10N5. The second-order valence-electron chi connectivity index (χ2n) is 6.78. The summed E-state index contributed by atoms with van der Waals surface area (Å²) in [7, 11) is 0. The summed E-state index contributed by atoms with van der Waals surface area (Å²) in [4.78, 5) is 0.